The van der Waals surface area contributed by atoms with E-state index in [9.17, 15) is 18.6 Å². The number of sulfonamides is 1. The maximum atomic E-state index is 12.9. The molecule has 5 aromatic carbocycles. The van der Waals surface area contributed by atoms with Gasteiger partial charge in [-0.3, -0.25) is 0 Å². The van der Waals surface area contributed by atoms with Gasteiger partial charge in [-0.25, -0.2) is 8.42 Å². The van der Waals surface area contributed by atoms with Crippen molar-refractivity contribution in [3.05, 3.63) is 91.0 Å². The van der Waals surface area contributed by atoms with Gasteiger partial charge in [-0.1, -0.05) is 36.4 Å². The first kappa shape index (κ1) is 32.2. The molecular weight excluding hydrogens is 614 g/mol. The largest absolute Gasteiger partial charge is 0.395 e. The minimum atomic E-state index is -3.88. The Morgan fingerprint density at radius 1 is 0.638 bits per heavy atom. The second-order valence-corrected chi connectivity index (χ2v) is 13.7. The van der Waals surface area contributed by atoms with E-state index < -0.39 is 10.0 Å². The van der Waals surface area contributed by atoms with Gasteiger partial charge in [-0.2, -0.15) is 9.42 Å². The number of rotatable bonds is 10. The molecule has 0 unspecified atom stereocenters. The van der Waals surface area contributed by atoms with Crippen LogP contribution >= 0.6 is 0 Å². The van der Waals surface area contributed by atoms with Crippen molar-refractivity contribution in [1.29, 1.82) is 0 Å². The SMILES string of the molecule is CN1c2cccc3c(N=Nc4ccc(N=Nc5ccc(S(=O)(=O)N(CCO)CCO)cc5)c5ccccc45)ccc(c23)N(C)C1(C)C. The third kappa shape index (κ3) is 5.85. The predicted octanol–water partition coefficient (Wildman–Crippen LogP) is 7.42. The summed E-state index contributed by atoms with van der Waals surface area (Å²) in [6.07, 6.45) is 0. The Labute approximate surface area is 274 Å². The number of hydrogen-bond donors (Lipinski definition) is 2. The zero-order chi connectivity index (χ0) is 33.3. The molecule has 0 amide bonds. The van der Waals surface area contributed by atoms with Crippen molar-refractivity contribution >= 4 is 65.7 Å². The molecule has 0 fully saturated rings. The van der Waals surface area contributed by atoms with Crippen LogP contribution in [0, 0.1) is 0 Å². The molecule has 11 nitrogen and oxygen atoms in total. The molecule has 1 aliphatic heterocycles. The normalized spacial score (nSPS) is 14.8. The smallest absolute Gasteiger partial charge is 0.243 e. The molecule has 5 aromatic rings. The van der Waals surface area contributed by atoms with Gasteiger partial charge in [0, 0.05) is 60.1 Å². The highest BCUT2D eigenvalue weighted by Gasteiger charge is 2.35. The second kappa shape index (κ2) is 12.8. The first-order valence-electron chi connectivity index (χ1n) is 15.3. The number of aliphatic hydroxyl groups is 2. The number of hydrogen-bond acceptors (Lipinski definition) is 10. The first-order chi connectivity index (χ1) is 22.6. The standard InChI is InChI=1S/C35H37N7O4S/c1-35(2)40(3)32-11-7-10-28-31(18-19-33(34(28)32)41(35)4)39-38-30-17-16-29(26-8-5-6-9-27(26)30)37-36-24-12-14-25(15-13-24)47(45,46)42(20-22-43)21-23-44/h5-19,43-44H,20-23H2,1-4H3. The zero-order valence-corrected chi connectivity index (χ0v) is 27.6. The van der Waals surface area contributed by atoms with Gasteiger partial charge in [-0.05, 0) is 68.4 Å². The molecule has 0 aromatic heterocycles. The minimum absolute atomic E-state index is 0.0391. The predicted molar refractivity (Wildman–Crippen MR) is 187 cm³/mol. The van der Waals surface area contributed by atoms with E-state index in [0.29, 0.717) is 17.1 Å². The van der Waals surface area contributed by atoms with Crippen molar-refractivity contribution in [3.63, 3.8) is 0 Å². The van der Waals surface area contributed by atoms with Crippen LogP contribution in [-0.2, 0) is 10.0 Å². The highest BCUT2D eigenvalue weighted by molar-refractivity contribution is 7.89. The average Bonchev–Trinajstić information content (AvgIpc) is 3.08. The molecule has 0 spiro atoms. The van der Waals surface area contributed by atoms with Gasteiger partial charge in [0.25, 0.3) is 0 Å². The summed E-state index contributed by atoms with van der Waals surface area (Å²) in [4.78, 5) is 4.61. The van der Waals surface area contributed by atoms with E-state index in [2.05, 4.69) is 72.2 Å². The number of fused-ring (bicyclic) bond motifs is 1. The molecule has 0 saturated heterocycles. The lowest BCUT2D eigenvalue weighted by Crippen LogP contribution is -2.56. The van der Waals surface area contributed by atoms with E-state index >= 15 is 0 Å². The van der Waals surface area contributed by atoms with Crippen LogP contribution in [0.2, 0.25) is 0 Å². The Morgan fingerprint density at radius 2 is 1.13 bits per heavy atom. The molecule has 0 bridgehead atoms. The molecule has 2 N–H and O–H groups in total. The van der Waals surface area contributed by atoms with Crippen molar-refractivity contribution in [3.8, 4) is 0 Å². The van der Waals surface area contributed by atoms with E-state index in [-0.39, 0.29) is 36.9 Å². The summed E-state index contributed by atoms with van der Waals surface area (Å²) >= 11 is 0. The Balaban J connectivity index is 1.29. The first-order valence-corrected chi connectivity index (χ1v) is 16.7. The summed E-state index contributed by atoms with van der Waals surface area (Å²) in [5, 5.41) is 40.6. The van der Waals surface area contributed by atoms with Gasteiger partial charge >= 0.3 is 0 Å². The molecule has 1 aliphatic rings. The van der Waals surface area contributed by atoms with Crippen molar-refractivity contribution in [2.75, 3.05) is 50.2 Å². The monoisotopic (exact) mass is 651 g/mol. The number of anilines is 2. The number of azo groups is 2. The lowest BCUT2D eigenvalue weighted by Gasteiger charge is -2.49. The minimum Gasteiger partial charge on any atom is -0.395 e. The van der Waals surface area contributed by atoms with E-state index in [0.717, 1.165) is 42.9 Å². The summed E-state index contributed by atoms with van der Waals surface area (Å²) < 4.78 is 26.9. The Kier molecular flexibility index (Phi) is 8.77. The Morgan fingerprint density at radius 3 is 1.70 bits per heavy atom. The molecule has 6 rings (SSSR count). The van der Waals surface area contributed by atoms with Crippen molar-refractivity contribution in [1.82, 2.24) is 4.31 Å². The van der Waals surface area contributed by atoms with Crippen LogP contribution in [0.4, 0.5) is 34.1 Å². The molecule has 47 heavy (non-hydrogen) atoms. The number of aliphatic hydroxyl groups excluding tert-OH is 2. The maximum Gasteiger partial charge on any atom is 0.243 e. The van der Waals surface area contributed by atoms with Gasteiger partial charge < -0.3 is 20.0 Å². The van der Waals surface area contributed by atoms with Crippen molar-refractivity contribution in [2.24, 2.45) is 20.5 Å². The van der Waals surface area contributed by atoms with Crippen LogP contribution in [0.25, 0.3) is 21.5 Å². The van der Waals surface area contributed by atoms with Crippen LogP contribution in [0.5, 0.6) is 0 Å². The molecule has 0 aliphatic carbocycles. The van der Waals surface area contributed by atoms with Gasteiger partial charge in [0.1, 0.15) is 5.66 Å². The summed E-state index contributed by atoms with van der Waals surface area (Å²) in [5.74, 6) is 0. The molecule has 242 valence electrons. The fourth-order valence-corrected chi connectivity index (χ4v) is 7.31. The molecule has 0 saturated carbocycles. The second-order valence-electron chi connectivity index (χ2n) is 11.8. The maximum absolute atomic E-state index is 12.9. The van der Waals surface area contributed by atoms with Crippen molar-refractivity contribution in [2.45, 2.75) is 24.4 Å². The highest BCUT2D eigenvalue weighted by atomic mass is 32.2. The van der Waals surface area contributed by atoms with Gasteiger partial charge in [-0.15, -0.1) is 15.3 Å². The quantitative estimate of drug-likeness (QED) is 0.151. The van der Waals surface area contributed by atoms with E-state index in [4.69, 9.17) is 10.2 Å². The van der Waals surface area contributed by atoms with E-state index in [1.807, 2.05) is 42.5 Å². The fraction of sp³-hybridized carbons (Fsp3) is 0.257. The zero-order valence-electron chi connectivity index (χ0n) is 26.7. The van der Waals surface area contributed by atoms with Crippen molar-refractivity contribution < 1.29 is 18.6 Å². The summed E-state index contributed by atoms with van der Waals surface area (Å²) in [6.45, 7) is 3.50. The van der Waals surface area contributed by atoms with Gasteiger partial charge in [0.2, 0.25) is 10.0 Å². The lowest BCUT2D eigenvalue weighted by atomic mass is 9.97. The highest BCUT2D eigenvalue weighted by Crippen LogP contribution is 2.47. The van der Waals surface area contributed by atoms with Gasteiger partial charge in [0.15, 0.2) is 0 Å². The third-order valence-electron chi connectivity index (χ3n) is 8.93. The van der Waals surface area contributed by atoms with Crippen LogP contribution in [0.3, 0.4) is 0 Å². The fourth-order valence-electron chi connectivity index (χ4n) is 5.88. The lowest BCUT2D eigenvalue weighted by molar-refractivity contribution is 0.217. The summed E-state index contributed by atoms with van der Waals surface area (Å²) in [6, 6.07) is 27.9. The Bertz CT molecular complexity index is 2090. The Hall–Kier alpha value is -4.75. The van der Waals surface area contributed by atoms with Crippen LogP contribution in [0.15, 0.2) is 116 Å². The summed E-state index contributed by atoms with van der Waals surface area (Å²) in [7, 11) is 0.349. The van der Waals surface area contributed by atoms with Crippen LogP contribution in [-0.4, -0.2) is 69.0 Å². The summed E-state index contributed by atoms with van der Waals surface area (Å²) in [5.41, 5.74) is 4.69. The average molecular weight is 652 g/mol. The number of nitrogens with zero attached hydrogens (tertiary/aromatic N) is 7. The van der Waals surface area contributed by atoms with Gasteiger partial charge in [0.05, 0.1) is 40.9 Å². The van der Waals surface area contributed by atoms with E-state index in [1.54, 1.807) is 12.1 Å². The molecular formula is C35H37N7O4S. The van der Waals surface area contributed by atoms with E-state index in [1.165, 1.54) is 12.1 Å². The molecule has 1 heterocycles. The molecule has 0 radical (unpaired) electrons. The number of benzene rings is 5. The molecule has 0 atom stereocenters. The molecule has 12 heteroatoms. The topological polar surface area (TPSA) is 134 Å². The van der Waals surface area contributed by atoms with Crippen LogP contribution < -0.4 is 9.80 Å². The third-order valence-corrected chi connectivity index (χ3v) is 10.8. The van der Waals surface area contributed by atoms with Crippen LogP contribution in [0.1, 0.15) is 13.8 Å².